The van der Waals surface area contributed by atoms with Gasteiger partial charge in [-0.3, -0.25) is 9.69 Å². The minimum atomic E-state index is -0.779. The molecular weight excluding hydrogens is 392 g/mol. The van der Waals surface area contributed by atoms with Crippen LogP contribution in [0.3, 0.4) is 0 Å². The zero-order valence-electron chi connectivity index (χ0n) is 18.3. The van der Waals surface area contributed by atoms with Gasteiger partial charge in [0.15, 0.2) is 0 Å². The van der Waals surface area contributed by atoms with Gasteiger partial charge in [-0.2, -0.15) is 0 Å². The number of aliphatic hydroxyl groups is 1. The van der Waals surface area contributed by atoms with Crippen molar-refractivity contribution in [2.75, 3.05) is 68.7 Å². The molecule has 0 aliphatic carbocycles. The maximum Gasteiger partial charge on any atom is 0.219 e. The Morgan fingerprint density at radius 3 is 2.52 bits per heavy atom. The number of piperazine rings is 1. The molecule has 3 saturated heterocycles. The van der Waals surface area contributed by atoms with Crippen LogP contribution in [0, 0.1) is 0 Å². The van der Waals surface area contributed by atoms with Crippen molar-refractivity contribution in [3.05, 3.63) is 24.5 Å². The number of hydrogen-bond donors (Lipinski definition) is 1. The molecular formula is C23H32N6O2. The molecule has 0 radical (unpaired) electrons. The van der Waals surface area contributed by atoms with Crippen molar-refractivity contribution in [1.82, 2.24) is 19.8 Å². The van der Waals surface area contributed by atoms with Crippen LogP contribution in [0.4, 0.5) is 11.5 Å². The number of nitrogens with zero attached hydrogens (tertiary/aromatic N) is 6. The first kappa shape index (κ1) is 20.5. The van der Waals surface area contributed by atoms with Crippen LogP contribution in [0.15, 0.2) is 24.5 Å². The molecule has 31 heavy (non-hydrogen) atoms. The standard InChI is InChI=1S/C23H32N6O2/c1-18(30)29-9-6-23(31,16-29)15-26-10-12-27(13-11-26)19-4-5-21-20(14-19)22(25-17-24-21)28-7-2-3-8-28/h4-5,14,17,31H,2-3,6-13,15-16H2,1H3. The molecule has 5 rings (SSSR count). The number of amides is 1. The van der Waals surface area contributed by atoms with Gasteiger partial charge in [-0.1, -0.05) is 0 Å². The molecule has 4 heterocycles. The number of likely N-dealkylation sites (tertiary alicyclic amines) is 1. The molecule has 1 unspecified atom stereocenters. The van der Waals surface area contributed by atoms with Gasteiger partial charge in [-0.15, -0.1) is 0 Å². The largest absolute Gasteiger partial charge is 0.387 e. The van der Waals surface area contributed by atoms with Crippen LogP contribution in [-0.4, -0.2) is 95.3 Å². The zero-order valence-corrected chi connectivity index (χ0v) is 18.3. The zero-order chi connectivity index (χ0) is 21.4. The Morgan fingerprint density at radius 1 is 1.03 bits per heavy atom. The number of benzene rings is 1. The summed E-state index contributed by atoms with van der Waals surface area (Å²) in [5.74, 6) is 1.11. The number of aromatic nitrogens is 2. The molecule has 8 heteroatoms. The van der Waals surface area contributed by atoms with Gasteiger partial charge in [0.2, 0.25) is 5.91 Å². The molecule has 1 atom stereocenters. The Labute approximate surface area is 183 Å². The van der Waals surface area contributed by atoms with Crippen LogP contribution in [0.1, 0.15) is 26.2 Å². The topological polar surface area (TPSA) is 76.0 Å². The summed E-state index contributed by atoms with van der Waals surface area (Å²) in [6.07, 6.45) is 4.79. The van der Waals surface area contributed by atoms with E-state index in [0.717, 1.165) is 56.0 Å². The SMILES string of the molecule is CC(=O)N1CCC(O)(CN2CCN(c3ccc4ncnc(N5CCCC5)c4c3)CC2)C1. The first-order valence-corrected chi connectivity index (χ1v) is 11.5. The normalized spacial score (nSPS) is 25.0. The van der Waals surface area contributed by atoms with E-state index in [1.165, 1.54) is 18.5 Å². The highest BCUT2D eigenvalue weighted by Crippen LogP contribution is 2.30. The van der Waals surface area contributed by atoms with E-state index in [9.17, 15) is 9.90 Å². The summed E-state index contributed by atoms with van der Waals surface area (Å²) < 4.78 is 0. The maximum absolute atomic E-state index is 11.6. The quantitative estimate of drug-likeness (QED) is 0.794. The summed E-state index contributed by atoms with van der Waals surface area (Å²) in [6.45, 7) is 9.11. The van der Waals surface area contributed by atoms with E-state index >= 15 is 0 Å². The van der Waals surface area contributed by atoms with Crippen molar-refractivity contribution >= 4 is 28.3 Å². The average molecular weight is 425 g/mol. The highest BCUT2D eigenvalue weighted by molar-refractivity contribution is 5.92. The van der Waals surface area contributed by atoms with Gasteiger partial charge in [-0.05, 0) is 37.5 Å². The summed E-state index contributed by atoms with van der Waals surface area (Å²) >= 11 is 0. The second-order valence-corrected chi connectivity index (χ2v) is 9.27. The highest BCUT2D eigenvalue weighted by atomic mass is 16.3. The van der Waals surface area contributed by atoms with Gasteiger partial charge in [0, 0.05) is 70.4 Å². The van der Waals surface area contributed by atoms with E-state index in [-0.39, 0.29) is 5.91 Å². The van der Waals surface area contributed by atoms with E-state index in [1.807, 2.05) is 0 Å². The Bertz CT molecular complexity index is 954. The molecule has 3 aliphatic rings. The number of fused-ring (bicyclic) bond motifs is 1. The molecule has 166 valence electrons. The molecule has 8 nitrogen and oxygen atoms in total. The van der Waals surface area contributed by atoms with Crippen molar-refractivity contribution in [2.24, 2.45) is 0 Å². The smallest absolute Gasteiger partial charge is 0.219 e. The van der Waals surface area contributed by atoms with Gasteiger partial charge < -0.3 is 19.8 Å². The summed E-state index contributed by atoms with van der Waals surface area (Å²) in [5.41, 5.74) is 1.43. The first-order chi connectivity index (χ1) is 15.0. The fourth-order valence-electron chi connectivity index (χ4n) is 5.24. The number of hydrogen-bond acceptors (Lipinski definition) is 7. The van der Waals surface area contributed by atoms with E-state index in [1.54, 1.807) is 18.2 Å². The monoisotopic (exact) mass is 424 g/mol. The van der Waals surface area contributed by atoms with Crippen LogP contribution >= 0.6 is 0 Å². The van der Waals surface area contributed by atoms with Crippen LogP contribution in [0.5, 0.6) is 0 Å². The van der Waals surface area contributed by atoms with Crippen LogP contribution < -0.4 is 9.80 Å². The predicted molar refractivity (Wildman–Crippen MR) is 121 cm³/mol. The summed E-state index contributed by atoms with van der Waals surface area (Å²) in [5, 5.41) is 12.1. The van der Waals surface area contributed by atoms with Crippen LogP contribution in [0.25, 0.3) is 10.9 Å². The fourth-order valence-corrected chi connectivity index (χ4v) is 5.24. The minimum absolute atomic E-state index is 0.0503. The van der Waals surface area contributed by atoms with Gasteiger partial charge >= 0.3 is 0 Å². The molecule has 0 spiro atoms. The van der Waals surface area contributed by atoms with Gasteiger partial charge in [0.1, 0.15) is 12.1 Å². The number of carbonyl (C=O) groups is 1. The fraction of sp³-hybridized carbons (Fsp3) is 0.609. The molecule has 2 aromatic rings. The third-order valence-electron chi connectivity index (χ3n) is 7.04. The summed E-state index contributed by atoms with van der Waals surface area (Å²) in [6, 6.07) is 6.51. The third-order valence-corrected chi connectivity index (χ3v) is 7.04. The van der Waals surface area contributed by atoms with E-state index < -0.39 is 5.60 Å². The Kier molecular flexibility index (Phi) is 5.44. The Hall–Kier alpha value is -2.45. The lowest BCUT2D eigenvalue weighted by Gasteiger charge is -2.39. The van der Waals surface area contributed by atoms with Crippen molar-refractivity contribution in [2.45, 2.75) is 31.8 Å². The van der Waals surface area contributed by atoms with Gasteiger partial charge in [0.25, 0.3) is 0 Å². The number of β-amino-alcohol motifs (C(OH)–C–C–N with tert-alkyl or cyclic N) is 1. The average Bonchev–Trinajstić information content (AvgIpc) is 3.44. The number of carbonyl (C=O) groups excluding carboxylic acids is 1. The maximum atomic E-state index is 11.6. The molecule has 1 N–H and O–H groups in total. The van der Waals surface area contributed by atoms with E-state index in [2.05, 4.69) is 42.9 Å². The Morgan fingerprint density at radius 2 is 1.81 bits per heavy atom. The molecule has 1 aromatic heterocycles. The first-order valence-electron chi connectivity index (χ1n) is 11.5. The number of rotatable bonds is 4. The summed E-state index contributed by atoms with van der Waals surface area (Å²) in [7, 11) is 0. The van der Waals surface area contributed by atoms with E-state index in [0.29, 0.717) is 26.1 Å². The molecule has 3 aliphatic heterocycles. The van der Waals surface area contributed by atoms with Crippen LogP contribution in [0.2, 0.25) is 0 Å². The lowest BCUT2D eigenvalue weighted by Crippen LogP contribution is -2.53. The second-order valence-electron chi connectivity index (χ2n) is 9.27. The van der Waals surface area contributed by atoms with Crippen molar-refractivity contribution < 1.29 is 9.90 Å². The third kappa shape index (κ3) is 4.19. The highest BCUT2D eigenvalue weighted by Gasteiger charge is 2.39. The minimum Gasteiger partial charge on any atom is -0.387 e. The molecule has 0 saturated carbocycles. The molecule has 3 fully saturated rings. The summed E-state index contributed by atoms with van der Waals surface area (Å²) in [4.78, 5) is 29.6. The second kappa shape index (κ2) is 8.24. The van der Waals surface area contributed by atoms with Crippen LogP contribution in [-0.2, 0) is 4.79 Å². The van der Waals surface area contributed by atoms with Crippen molar-refractivity contribution in [3.63, 3.8) is 0 Å². The van der Waals surface area contributed by atoms with Crippen molar-refractivity contribution in [3.8, 4) is 0 Å². The van der Waals surface area contributed by atoms with Crippen molar-refractivity contribution in [1.29, 1.82) is 0 Å². The van der Waals surface area contributed by atoms with Gasteiger partial charge in [0.05, 0.1) is 17.7 Å². The number of anilines is 2. The van der Waals surface area contributed by atoms with E-state index in [4.69, 9.17) is 0 Å². The molecule has 1 amide bonds. The molecule has 0 bridgehead atoms. The van der Waals surface area contributed by atoms with Gasteiger partial charge in [-0.25, -0.2) is 9.97 Å². The molecule has 1 aromatic carbocycles. The lowest BCUT2D eigenvalue weighted by molar-refractivity contribution is -0.128. The predicted octanol–water partition coefficient (Wildman–Crippen LogP) is 1.34. The Balaban J connectivity index is 1.25. The lowest BCUT2D eigenvalue weighted by atomic mass is 10.0.